The highest BCUT2D eigenvalue weighted by Crippen LogP contribution is 2.01. The van der Waals surface area contributed by atoms with Crippen LogP contribution < -0.4 is 0 Å². The molecule has 0 aromatic heterocycles. The summed E-state index contributed by atoms with van der Waals surface area (Å²) in [6, 6.07) is 0. The largest absolute Gasteiger partial charge is 0.277 e. The van der Waals surface area contributed by atoms with Gasteiger partial charge in [0.2, 0.25) is 0 Å². The summed E-state index contributed by atoms with van der Waals surface area (Å²) in [6.07, 6.45) is 2.72. The second-order valence-electron chi connectivity index (χ2n) is 1.53. The van der Waals surface area contributed by atoms with Crippen LogP contribution in [0.5, 0.6) is 0 Å². The lowest BCUT2D eigenvalue weighted by molar-refractivity contribution is 0.499. The van der Waals surface area contributed by atoms with Crippen LogP contribution in [0.2, 0.25) is 0 Å². The minimum atomic E-state index is 0.221. The topological polar surface area (TPSA) is 39.5 Å². The molecule has 3 nitrogen and oxygen atoms in total. The molecule has 0 saturated carbocycles. The average Bonchev–Trinajstić information content (AvgIpc) is 2.12. The SMILES string of the molecule is N=C(S)N1CCC=N1. The summed E-state index contributed by atoms with van der Waals surface area (Å²) in [5, 5.41) is 12.6. The molecule has 0 unspecified atom stereocenters. The van der Waals surface area contributed by atoms with Crippen LogP contribution in [0.15, 0.2) is 5.10 Å². The molecular formula is C4H7N3S. The van der Waals surface area contributed by atoms with Crippen molar-refractivity contribution < 1.29 is 0 Å². The van der Waals surface area contributed by atoms with Crippen molar-refractivity contribution in [2.75, 3.05) is 6.54 Å². The van der Waals surface area contributed by atoms with E-state index in [-0.39, 0.29) is 5.17 Å². The molecule has 8 heavy (non-hydrogen) atoms. The number of hydrazone groups is 1. The van der Waals surface area contributed by atoms with Gasteiger partial charge in [0.05, 0.1) is 0 Å². The molecule has 1 rings (SSSR count). The van der Waals surface area contributed by atoms with Crippen LogP contribution in [0.25, 0.3) is 0 Å². The monoisotopic (exact) mass is 129 g/mol. The number of thiol groups is 1. The van der Waals surface area contributed by atoms with Crippen LogP contribution in [0.3, 0.4) is 0 Å². The van der Waals surface area contributed by atoms with E-state index >= 15 is 0 Å². The number of nitrogens with one attached hydrogen (secondary N) is 1. The Kier molecular flexibility index (Phi) is 1.53. The highest BCUT2D eigenvalue weighted by atomic mass is 32.1. The second-order valence-corrected chi connectivity index (χ2v) is 1.96. The van der Waals surface area contributed by atoms with Crippen molar-refractivity contribution in [1.82, 2.24) is 5.01 Å². The Hall–Kier alpha value is -0.510. The Morgan fingerprint density at radius 1 is 1.88 bits per heavy atom. The fourth-order valence-corrected chi connectivity index (χ4v) is 0.706. The maximum atomic E-state index is 6.97. The molecular weight excluding hydrogens is 122 g/mol. The van der Waals surface area contributed by atoms with Gasteiger partial charge in [-0.2, -0.15) is 5.10 Å². The van der Waals surface area contributed by atoms with E-state index in [0.29, 0.717) is 0 Å². The van der Waals surface area contributed by atoms with E-state index < -0.39 is 0 Å². The summed E-state index contributed by atoms with van der Waals surface area (Å²) < 4.78 is 0. The van der Waals surface area contributed by atoms with Crippen LogP contribution in [-0.4, -0.2) is 22.9 Å². The smallest absolute Gasteiger partial charge is 0.173 e. The molecule has 0 amide bonds. The van der Waals surface area contributed by atoms with Crippen molar-refractivity contribution in [2.24, 2.45) is 5.10 Å². The van der Waals surface area contributed by atoms with Crippen LogP contribution in [0.4, 0.5) is 0 Å². The molecule has 0 atom stereocenters. The van der Waals surface area contributed by atoms with Crippen molar-refractivity contribution in [1.29, 1.82) is 5.41 Å². The van der Waals surface area contributed by atoms with Gasteiger partial charge >= 0.3 is 0 Å². The number of nitrogens with zero attached hydrogens (tertiary/aromatic N) is 2. The van der Waals surface area contributed by atoms with Gasteiger partial charge in [0.15, 0.2) is 5.17 Å². The van der Waals surface area contributed by atoms with E-state index in [1.807, 2.05) is 0 Å². The van der Waals surface area contributed by atoms with Gasteiger partial charge in [0, 0.05) is 19.2 Å². The minimum Gasteiger partial charge on any atom is -0.277 e. The van der Waals surface area contributed by atoms with Gasteiger partial charge in [0.1, 0.15) is 0 Å². The molecule has 0 aromatic rings. The van der Waals surface area contributed by atoms with Gasteiger partial charge < -0.3 is 0 Å². The molecule has 1 aliphatic heterocycles. The number of hydrogen-bond donors (Lipinski definition) is 2. The zero-order valence-corrected chi connectivity index (χ0v) is 5.23. The molecule has 0 spiro atoms. The average molecular weight is 129 g/mol. The molecule has 0 radical (unpaired) electrons. The summed E-state index contributed by atoms with van der Waals surface area (Å²) in [6.45, 7) is 0.808. The van der Waals surface area contributed by atoms with Crippen LogP contribution in [-0.2, 0) is 0 Å². The first-order chi connectivity index (χ1) is 3.80. The standard InChI is InChI=1S/C4H7N3S/c5-4(8)7-3-1-2-6-7/h2H,1,3H2,(H2,5,8). The maximum Gasteiger partial charge on any atom is 0.173 e. The third kappa shape index (κ3) is 1.01. The predicted molar refractivity (Wildman–Crippen MR) is 36.5 cm³/mol. The van der Waals surface area contributed by atoms with Crippen molar-refractivity contribution in [3.8, 4) is 0 Å². The van der Waals surface area contributed by atoms with E-state index in [1.165, 1.54) is 0 Å². The number of hydrogen-bond acceptors (Lipinski definition) is 2. The van der Waals surface area contributed by atoms with Gasteiger partial charge in [-0.25, -0.2) is 5.01 Å². The van der Waals surface area contributed by atoms with Gasteiger partial charge in [-0.3, -0.25) is 5.41 Å². The fourth-order valence-electron chi connectivity index (χ4n) is 0.555. The highest BCUT2D eigenvalue weighted by Gasteiger charge is 2.06. The van der Waals surface area contributed by atoms with Crippen molar-refractivity contribution in [3.05, 3.63) is 0 Å². The molecule has 44 valence electrons. The molecule has 1 heterocycles. The molecule has 4 heteroatoms. The third-order valence-corrected chi connectivity index (χ3v) is 1.17. The van der Waals surface area contributed by atoms with Crippen LogP contribution in [0, 0.1) is 5.41 Å². The normalized spacial score (nSPS) is 17.4. The van der Waals surface area contributed by atoms with E-state index in [2.05, 4.69) is 17.7 Å². The maximum absolute atomic E-state index is 6.97. The second kappa shape index (κ2) is 2.17. The third-order valence-electron chi connectivity index (χ3n) is 0.936. The van der Waals surface area contributed by atoms with E-state index in [4.69, 9.17) is 5.41 Å². The van der Waals surface area contributed by atoms with E-state index in [9.17, 15) is 0 Å². The van der Waals surface area contributed by atoms with Gasteiger partial charge in [0.25, 0.3) is 0 Å². The Morgan fingerprint density at radius 2 is 2.62 bits per heavy atom. The molecule has 1 N–H and O–H groups in total. The highest BCUT2D eigenvalue weighted by molar-refractivity contribution is 7.96. The Labute approximate surface area is 53.3 Å². The molecule has 1 aliphatic rings. The molecule has 0 bridgehead atoms. The van der Waals surface area contributed by atoms with Crippen LogP contribution >= 0.6 is 12.6 Å². The molecule has 0 fully saturated rings. The number of amidine groups is 1. The first-order valence-corrected chi connectivity index (χ1v) is 2.83. The Bertz CT molecular complexity index is 131. The van der Waals surface area contributed by atoms with Gasteiger partial charge in [-0.05, 0) is 0 Å². The Balaban J connectivity index is 2.48. The summed E-state index contributed by atoms with van der Waals surface area (Å²) in [5.74, 6) is 0. The fraction of sp³-hybridized carbons (Fsp3) is 0.500. The molecule has 0 aliphatic carbocycles. The van der Waals surface area contributed by atoms with Crippen molar-refractivity contribution in [2.45, 2.75) is 6.42 Å². The molecule has 0 saturated heterocycles. The zero-order valence-electron chi connectivity index (χ0n) is 4.33. The van der Waals surface area contributed by atoms with E-state index in [0.717, 1.165) is 13.0 Å². The lowest BCUT2D eigenvalue weighted by atomic mass is 10.5. The Morgan fingerprint density at radius 3 is 2.88 bits per heavy atom. The first-order valence-electron chi connectivity index (χ1n) is 2.38. The predicted octanol–water partition coefficient (Wildman–Crippen LogP) is 0.542. The quantitative estimate of drug-likeness (QED) is 0.280. The van der Waals surface area contributed by atoms with Crippen molar-refractivity contribution >= 4 is 24.0 Å². The lowest BCUT2D eigenvalue weighted by Crippen LogP contribution is -2.16. The van der Waals surface area contributed by atoms with Crippen LogP contribution in [0.1, 0.15) is 6.42 Å². The zero-order chi connectivity index (χ0) is 5.98. The van der Waals surface area contributed by atoms with E-state index in [1.54, 1.807) is 11.2 Å². The summed E-state index contributed by atoms with van der Waals surface area (Å²) in [7, 11) is 0. The first kappa shape index (κ1) is 5.62. The minimum absolute atomic E-state index is 0.221. The van der Waals surface area contributed by atoms with Crippen molar-refractivity contribution in [3.63, 3.8) is 0 Å². The summed E-state index contributed by atoms with van der Waals surface area (Å²) in [5.41, 5.74) is 0. The lowest BCUT2D eigenvalue weighted by Gasteiger charge is -2.07. The number of rotatable bonds is 0. The van der Waals surface area contributed by atoms with Gasteiger partial charge in [-0.15, -0.1) is 12.6 Å². The summed E-state index contributed by atoms with van der Waals surface area (Å²) >= 11 is 3.79. The molecule has 0 aromatic carbocycles. The summed E-state index contributed by atoms with van der Waals surface area (Å²) in [4.78, 5) is 0. The van der Waals surface area contributed by atoms with Gasteiger partial charge in [-0.1, -0.05) is 0 Å².